The van der Waals surface area contributed by atoms with Gasteiger partial charge in [-0.3, -0.25) is 4.72 Å². The number of carboxylic acids is 1. The molecule has 2 aromatic rings. The number of carboxylic acid groups (broad SMARTS) is 1. The number of hydrogen-bond donors (Lipinski definition) is 3. The standard InChI is InChI=1S/C12H9F3N2O4S/c13-12(14,15)7-2-1-3-8(4-7)17-22(20,21)9-5-10(11(18)19)16-6-9/h1-6,16-17H,(H,18,19). The highest BCUT2D eigenvalue weighted by Gasteiger charge is 2.30. The molecular weight excluding hydrogens is 325 g/mol. The molecule has 0 saturated heterocycles. The second-order valence-electron chi connectivity index (χ2n) is 4.24. The Morgan fingerprint density at radius 1 is 1.23 bits per heavy atom. The van der Waals surface area contributed by atoms with Gasteiger partial charge < -0.3 is 10.1 Å². The first-order chi connectivity index (χ1) is 10.1. The highest BCUT2D eigenvalue weighted by molar-refractivity contribution is 7.92. The van der Waals surface area contributed by atoms with Gasteiger partial charge in [0.1, 0.15) is 10.6 Å². The zero-order chi connectivity index (χ0) is 16.5. The van der Waals surface area contributed by atoms with E-state index in [1.807, 2.05) is 4.72 Å². The minimum Gasteiger partial charge on any atom is -0.477 e. The molecule has 1 aromatic heterocycles. The van der Waals surface area contributed by atoms with Crippen LogP contribution in [0.3, 0.4) is 0 Å². The Labute approximate surface area is 122 Å². The van der Waals surface area contributed by atoms with Gasteiger partial charge in [0.2, 0.25) is 0 Å². The lowest BCUT2D eigenvalue weighted by atomic mass is 10.2. The van der Waals surface area contributed by atoms with E-state index >= 15 is 0 Å². The number of hydrogen-bond acceptors (Lipinski definition) is 3. The van der Waals surface area contributed by atoms with Crippen LogP contribution >= 0.6 is 0 Å². The van der Waals surface area contributed by atoms with E-state index in [1.165, 1.54) is 0 Å². The Bertz CT molecular complexity index is 812. The van der Waals surface area contributed by atoms with Gasteiger partial charge in [0.15, 0.2) is 0 Å². The third-order valence-corrected chi connectivity index (χ3v) is 4.00. The second kappa shape index (κ2) is 5.37. The van der Waals surface area contributed by atoms with Gasteiger partial charge in [-0.05, 0) is 24.3 Å². The Kier molecular flexibility index (Phi) is 3.88. The van der Waals surface area contributed by atoms with Crippen molar-refractivity contribution in [2.24, 2.45) is 0 Å². The Balaban J connectivity index is 2.30. The lowest BCUT2D eigenvalue weighted by molar-refractivity contribution is -0.137. The van der Waals surface area contributed by atoms with Crippen LogP contribution < -0.4 is 4.72 Å². The highest BCUT2D eigenvalue weighted by atomic mass is 32.2. The van der Waals surface area contributed by atoms with Crippen molar-refractivity contribution in [3.8, 4) is 0 Å². The van der Waals surface area contributed by atoms with Crippen LogP contribution in [0.1, 0.15) is 16.1 Å². The number of aromatic carboxylic acids is 1. The maximum Gasteiger partial charge on any atom is 0.416 e. The summed E-state index contributed by atoms with van der Waals surface area (Å²) in [6.45, 7) is 0. The normalized spacial score (nSPS) is 12.1. The summed E-state index contributed by atoms with van der Waals surface area (Å²) in [7, 11) is -4.20. The molecule has 0 bridgehead atoms. The molecule has 0 fully saturated rings. The number of anilines is 1. The Morgan fingerprint density at radius 3 is 2.45 bits per heavy atom. The average Bonchev–Trinajstić information content (AvgIpc) is 2.88. The Hall–Kier alpha value is -2.49. The number of halogens is 3. The smallest absolute Gasteiger partial charge is 0.416 e. The van der Waals surface area contributed by atoms with E-state index in [1.54, 1.807) is 0 Å². The van der Waals surface area contributed by atoms with Crippen molar-refractivity contribution in [1.82, 2.24) is 4.98 Å². The maximum absolute atomic E-state index is 12.6. The number of aromatic amines is 1. The van der Waals surface area contributed by atoms with E-state index < -0.39 is 32.6 Å². The minimum absolute atomic E-state index is 0.284. The molecule has 0 aliphatic rings. The highest BCUT2D eigenvalue weighted by Crippen LogP contribution is 2.31. The van der Waals surface area contributed by atoms with E-state index in [9.17, 15) is 26.4 Å². The number of sulfonamides is 1. The summed E-state index contributed by atoms with van der Waals surface area (Å²) >= 11 is 0. The van der Waals surface area contributed by atoms with Crippen molar-refractivity contribution in [3.05, 3.63) is 47.8 Å². The summed E-state index contributed by atoms with van der Waals surface area (Å²) in [4.78, 5) is 12.5. The molecule has 1 heterocycles. The lowest BCUT2D eigenvalue weighted by Crippen LogP contribution is -2.13. The largest absolute Gasteiger partial charge is 0.477 e. The van der Waals surface area contributed by atoms with E-state index in [2.05, 4.69) is 4.98 Å². The van der Waals surface area contributed by atoms with E-state index in [0.29, 0.717) is 6.07 Å². The summed E-state index contributed by atoms with van der Waals surface area (Å²) in [6, 6.07) is 4.51. The van der Waals surface area contributed by atoms with Gasteiger partial charge in [-0.15, -0.1) is 0 Å². The topological polar surface area (TPSA) is 99.3 Å². The van der Waals surface area contributed by atoms with Crippen molar-refractivity contribution >= 4 is 21.7 Å². The Morgan fingerprint density at radius 2 is 1.91 bits per heavy atom. The molecule has 0 spiro atoms. The van der Waals surface area contributed by atoms with Gasteiger partial charge in [0.25, 0.3) is 10.0 Å². The zero-order valence-corrected chi connectivity index (χ0v) is 11.5. The SMILES string of the molecule is O=C(O)c1cc(S(=O)(=O)Nc2cccc(C(F)(F)F)c2)c[nH]1. The first-order valence-electron chi connectivity index (χ1n) is 5.71. The molecule has 10 heteroatoms. The molecule has 0 saturated carbocycles. The van der Waals surface area contributed by atoms with Crippen molar-refractivity contribution in [3.63, 3.8) is 0 Å². The molecule has 118 valence electrons. The molecule has 3 N–H and O–H groups in total. The first-order valence-corrected chi connectivity index (χ1v) is 7.20. The first kappa shape index (κ1) is 15.9. The molecule has 0 aliphatic heterocycles. The van der Waals surface area contributed by atoms with E-state index in [0.717, 1.165) is 30.5 Å². The number of aromatic nitrogens is 1. The van der Waals surface area contributed by atoms with Crippen LogP contribution in [0.4, 0.5) is 18.9 Å². The molecule has 0 radical (unpaired) electrons. The predicted molar refractivity (Wildman–Crippen MR) is 70.0 cm³/mol. The van der Waals surface area contributed by atoms with Gasteiger partial charge in [-0.2, -0.15) is 13.2 Å². The molecule has 0 aliphatic carbocycles. The molecule has 0 unspecified atom stereocenters. The molecular formula is C12H9F3N2O4S. The van der Waals surface area contributed by atoms with Crippen LogP contribution in [0.15, 0.2) is 41.4 Å². The van der Waals surface area contributed by atoms with Gasteiger partial charge in [-0.1, -0.05) is 6.07 Å². The minimum atomic E-state index is -4.61. The molecule has 2 rings (SSSR count). The molecule has 6 nitrogen and oxygen atoms in total. The van der Waals surface area contributed by atoms with Crippen LogP contribution in [0.5, 0.6) is 0 Å². The monoisotopic (exact) mass is 334 g/mol. The second-order valence-corrected chi connectivity index (χ2v) is 5.92. The fourth-order valence-electron chi connectivity index (χ4n) is 1.63. The van der Waals surface area contributed by atoms with Crippen LogP contribution in [-0.4, -0.2) is 24.5 Å². The summed E-state index contributed by atoms with van der Waals surface area (Å²) < 4.78 is 63.7. The average molecular weight is 334 g/mol. The quantitative estimate of drug-likeness (QED) is 0.800. The van der Waals surface area contributed by atoms with Crippen LogP contribution in [0, 0.1) is 0 Å². The number of H-pyrrole nitrogens is 1. The van der Waals surface area contributed by atoms with Gasteiger partial charge >= 0.3 is 12.1 Å². The summed E-state index contributed by atoms with van der Waals surface area (Å²) in [6.07, 6.45) is -3.68. The number of carbonyl (C=O) groups is 1. The van der Waals surface area contributed by atoms with Gasteiger partial charge in [0.05, 0.1) is 5.56 Å². The van der Waals surface area contributed by atoms with Crippen molar-refractivity contribution in [2.75, 3.05) is 4.72 Å². The summed E-state index contributed by atoms with van der Waals surface area (Å²) in [5.41, 5.74) is -1.65. The van der Waals surface area contributed by atoms with Gasteiger partial charge in [-0.25, -0.2) is 13.2 Å². The van der Waals surface area contributed by atoms with Crippen LogP contribution in [0.25, 0.3) is 0 Å². The maximum atomic E-state index is 12.6. The molecule has 1 aromatic carbocycles. The van der Waals surface area contributed by atoms with Crippen molar-refractivity contribution in [2.45, 2.75) is 11.1 Å². The zero-order valence-electron chi connectivity index (χ0n) is 10.7. The molecule has 22 heavy (non-hydrogen) atoms. The fourth-order valence-corrected chi connectivity index (χ4v) is 2.67. The summed E-state index contributed by atoms with van der Waals surface area (Å²) in [5.74, 6) is -1.36. The van der Waals surface area contributed by atoms with Crippen molar-refractivity contribution < 1.29 is 31.5 Å². The molecule has 0 amide bonds. The fraction of sp³-hybridized carbons (Fsp3) is 0.0833. The summed E-state index contributed by atoms with van der Waals surface area (Å²) in [5, 5.41) is 8.71. The third-order valence-electron chi connectivity index (χ3n) is 2.64. The number of rotatable bonds is 4. The van der Waals surface area contributed by atoms with E-state index in [-0.39, 0.29) is 11.4 Å². The number of alkyl halides is 3. The van der Waals surface area contributed by atoms with Crippen LogP contribution in [-0.2, 0) is 16.2 Å². The predicted octanol–water partition coefficient (Wildman–Crippen LogP) is 2.53. The van der Waals surface area contributed by atoms with E-state index in [4.69, 9.17) is 5.11 Å². The van der Waals surface area contributed by atoms with Gasteiger partial charge in [0, 0.05) is 11.9 Å². The van der Waals surface area contributed by atoms with Crippen LogP contribution in [0.2, 0.25) is 0 Å². The number of nitrogens with one attached hydrogen (secondary N) is 2. The molecule has 0 atom stereocenters. The number of benzene rings is 1. The third kappa shape index (κ3) is 3.39. The lowest BCUT2D eigenvalue weighted by Gasteiger charge is -2.10. The van der Waals surface area contributed by atoms with Crippen molar-refractivity contribution in [1.29, 1.82) is 0 Å².